The highest BCUT2D eigenvalue weighted by Gasteiger charge is 2.12. The number of ether oxygens (including phenoxy) is 1. The summed E-state index contributed by atoms with van der Waals surface area (Å²) in [5.74, 6) is -1.38. The molecule has 0 saturated heterocycles. The van der Waals surface area contributed by atoms with Crippen LogP contribution in [0.5, 0.6) is 5.88 Å². The van der Waals surface area contributed by atoms with E-state index in [1.165, 1.54) is 12.1 Å². The summed E-state index contributed by atoms with van der Waals surface area (Å²) in [5, 5.41) is 1.01. The monoisotopic (exact) mass is 288 g/mol. The van der Waals surface area contributed by atoms with Crippen LogP contribution in [-0.4, -0.2) is 9.97 Å². The van der Waals surface area contributed by atoms with Gasteiger partial charge in [0, 0.05) is 22.8 Å². The average Bonchev–Trinajstić information content (AvgIpc) is 2.77. The molecule has 3 aromatic rings. The molecule has 5 heteroatoms. The predicted octanol–water partition coefficient (Wildman–Crippen LogP) is 4.04. The Morgan fingerprint density at radius 3 is 2.81 bits per heavy atom. The molecule has 0 amide bonds. The highest BCUT2D eigenvalue weighted by Crippen LogP contribution is 2.27. The second-order valence-corrected chi connectivity index (χ2v) is 4.92. The molecule has 3 rings (SSSR count). The molecule has 0 aliphatic heterocycles. The fourth-order valence-electron chi connectivity index (χ4n) is 2.27. The Balaban J connectivity index is 1.92. The van der Waals surface area contributed by atoms with Gasteiger partial charge in [0.2, 0.25) is 5.88 Å². The van der Waals surface area contributed by atoms with Crippen LogP contribution in [0.2, 0.25) is 0 Å². The van der Waals surface area contributed by atoms with E-state index in [1.807, 2.05) is 19.9 Å². The summed E-state index contributed by atoms with van der Waals surface area (Å²) in [7, 11) is 0. The molecule has 3 nitrogen and oxygen atoms in total. The van der Waals surface area contributed by atoms with Crippen molar-refractivity contribution in [2.75, 3.05) is 0 Å². The third kappa shape index (κ3) is 2.35. The number of H-pyrrole nitrogens is 1. The lowest BCUT2D eigenvalue weighted by atomic mass is 10.2. The van der Waals surface area contributed by atoms with Crippen molar-refractivity contribution < 1.29 is 13.5 Å². The van der Waals surface area contributed by atoms with Gasteiger partial charge in [0.05, 0.1) is 0 Å². The molecule has 0 saturated carbocycles. The number of aromatic nitrogens is 2. The van der Waals surface area contributed by atoms with E-state index in [2.05, 4.69) is 9.97 Å². The van der Waals surface area contributed by atoms with E-state index in [-0.39, 0.29) is 12.2 Å². The van der Waals surface area contributed by atoms with Gasteiger partial charge >= 0.3 is 0 Å². The Hall–Kier alpha value is -2.43. The zero-order chi connectivity index (χ0) is 15.0. The van der Waals surface area contributed by atoms with E-state index in [9.17, 15) is 8.78 Å². The van der Waals surface area contributed by atoms with Crippen molar-refractivity contribution in [3.8, 4) is 5.88 Å². The van der Waals surface area contributed by atoms with Crippen molar-refractivity contribution >= 4 is 10.9 Å². The van der Waals surface area contributed by atoms with Crippen LogP contribution in [0.3, 0.4) is 0 Å². The van der Waals surface area contributed by atoms with Gasteiger partial charge in [-0.1, -0.05) is 12.1 Å². The van der Waals surface area contributed by atoms with Gasteiger partial charge < -0.3 is 9.72 Å². The van der Waals surface area contributed by atoms with Crippen molar-refractivity contribution in [2.45, 2.75) is 20.5 Å². The standard InChI is InChI=1S/C16H14F2N2O/c1-9-10(2)20-15-12(9)6-7-19-16(15)21-8-11-4-3-5-13(17)14(11)18/h3-7,20H,8H2,1-2H3. The van der Waals surface area contributed by atoms with Crippen LogP contribution >= 0.6 is 0 Å². The third-order valence-electron chi connectivity index (χ3n) is 3.59. The predicted molar refractivity (Wildman–Crippen MR) is 76.3 cm³/mol. The van der Waals surface area contributed by atoms with Gasteiger partial charge in [0.25, 0.3) is 0 Å². The number of aromatic amines is 1. The van der Waals surface area contributed by atoms with Gasteiger partial charge in [-0.05, 0) is 31.5 Å². The van der Waals surface area contributed by atoms with Crippen LogP contribution < -0.4 is 4.74 Å². The van der Waals surface area contributed by atoms with Gasteiger partial charge in [-0.25, -0.2) is 13.8 Å². The van der Waals surface area contributed by atoms with Crippen LogP contribution in [0.15, 0.2) is 30.5 Å². The molecule has 108 valence electrons. The Labute approximate surface area is 120 Å². The molecule has 0 fully saturated rings. The topological polar surface area (TPSA) is 37.9 Å². The highest BCUT2D eigenvalue weighted by atomic mass is 19.2. The summed E-state index contributed by atoms with van der Waals surface area (Å²) in [4.78, 5) is 7.36. The highest BCUT2D eigenvalue weighted by molar-refractivity contribution is 5.87. The lowest BCUT2D eigenvalue weighted by Gasteiger charge is -2.07. The quantitative estimate of drug-likeness (QED) is 0.790. The molecule has 0 spiro atoms. The number of halogens is 2. The summed E-state index contributed by atoms with van der Waals surface area (Å²) in [6.45, 7) is 3.89. The number of benzene rings is 1. The maximum Gasteiger partial charge on any atom is 0.238 e. The maximum atomic E-state index is 13.6. The number of hydrogen-bond donors (Lipinski definition) is 1. The van der Waals surface area contributed by atoms with Gasteiger partial charge in [-0.15, -0.1) is 0 Å². The first kappa shape index (κ1) is 13.5. The number of hydrogen-bond acceptors (Lipinski definition) is 2. The lowest BCUT2D eigenvalue weighted by Crippen LogP contribution is -2.01. The Kier molecular flexibility index (Phi) is 3.33. The molecule has 1 aromatic carbocycles. The van der Waals surface area contributed by atoms with Crippen LogP contribution in [0.25, 0.3) is 10.9 Å². The van der Waals surface area contributed by atoms with E-state index in [0.29, 0.717) is 5.88 Å². The average molecular weight is 288 g/mol. The van der Waals surface area contributed by atoms with E-state index in [4.69, 9.17) is 4.74 Å². The molecule has 0 atom stereocenters. The molecule has 0 radical (unpaired) electrons. The van der Waals surface area contributed by atoms with Gasteiger partial charge in [0.1, 0.15) is 12.1 Å². The molecule has 0 bridgehead atoms. The van der Waals surface area contributed by atoms with E-state index >= 15 is 0 Å². The normalized spacial score (nSPS) is 11.0. The van der Waals surface area contributed by atoms with Gasteiger partial charge in [-0.3, -0.25) is 0 Å². The summed E-state index contributed by atoms with van der Waals surface area (Å²) < 4.78 is 32.3. The second-order valence-electron chi connectivity index (χ2n) is 4.92. The summed E-state index contributed by atoms with van der Waals surface area (Å²) in [6.07, 6.45) is 1.64. The van der Waals surface area contributed by atoms with E-state index < -0.39 is 11.6 Å². The molecular weight excluding hydrogens is 274 g/mol. The summed E-state index contributed by atoms with van der Waals surface area (Å²) in [5.41, 5.74) is 3.08. The van der Waals surface area contributed by atoms with Crippen LogP contribution in [0, 0.1) is 25.5 Å². The fraction of sp³-hybridized carbons (Fsp3) is 0.188. The van der Waals surface area contributed by atoms with Gasteiger partial charge in [0.15, 0.2) is 11.6 Å². The minimum atomic E-state index is -0.886. The number of rotatable bonds is 3. The molecule has 2 heterocycles. The van der Waals surface area contributed by atoms with Crippen molar-refractivity contribution in [1.82, 2.24) is 9.97 Å². The molecule has 0 aliphatic rings. The second kappa shape index (κ2) is 5.16. The number of fused-ring (bicyclic) bond motifs is 1. The van der Waals surface area contributed by atoms with Crippen LogP contribution in [-0.2, 0) is 6.61 Å². The SMILES string of the molecule is Cc1[nH]c2c(OCc3cccc(F)c3F)nccc2c1C. The molecule has 1 N–H and O–H groups in total. The number of aryl methyl sites for hydroxylation is 2. The lowest BCUT2D eigenvalue weighted by molar-refractivity contribution is 0.289. The van der Waals surface area contributed by atoms with Crippen molar-refractivity contribution in [2.24, 2.45) is 0 Å². The molecule has 2 aromatic heterocycles. The molecule has 0 unspecified atom stereocenters. The number of pyridine rings is 1. The smallest absolute Gasteiger partial charge is 0.238 e. The van der Waals surface area contributed by atoms with E-state index in [1.54, 1.807) is 6.20 Å². The fourth-order valence-corrected chi connectivity index (χ4v) is 2.27. The van der Waals surface area contributed by atoms with Crippen molar-refractivity contribution in [1.29, 1.82) is 0 Å². The van der Waals surface area contributed by atoms with Crippen molar-refractivity contribution in [3.05, 3.63) is 58.9 Å². The molecular formula is C16H14F2N2O. The first-order valence-corrected chi connectivity index (χ1v) is 6.57. The van der Waals surface area contributed by atoms with E-state index in [0.717, 1.165) is 28.2 Å². The molecule has 0 aliphatic carbocycles. The first-order valence-electron chi connectivity index (χ1n) is 6.57. The van der Waals surface area contributed by atoms with Crippen LogP contribution in [0.1, 0.15) is 16.8 Å². The zero-order valence-electron chi connectivity index (χ0n) is 11.7. The minimum absolute atomic E-state index is 0.0766. The molecule has 21 heavy (non-hydrogen) atoms. The van der Waals surface area contributed by atoms with Gasteiger partial charge in [-0.2, -0.15) is 0 Å². The Bertz CT molecular complexity index is 811. The Morgan fingerprint density at radius 1 is 1.19 bits per heavy atom. The largest absolute Gasteiger partial charge is 0.471 e. The zero-order valence-corrected chi connectivity index (χ0v) is 11.7. The number of nitrogens with zero attached hydrogens (tertiary/aromatic N) is 1. The van der Waals surface area contributed by atoms with Crippen LogP contribution in [0.4, 0.5) is 8.78 Å². The number of nitrogens with one attached hydrogen (secondary N) is 1. The Morgan fingerprint density at radius 2 is 2.00 bits per heavy atom. The van der Waals surface area contributed by atoms with Crippen molar-refractivity contribution in [3.63, 3.8) is 0 Å². The maximum absolute atomic E-state index is 13.6. The third-order valence-corrected chi connectivity index (χ3v) is 3.59. The minimum Gasteiger partial charge on any atom is -0.471 e. The first-order chi connectivity index (χ1) is 10.1. The summed E-state index contributed by atoms with van der Waals surface area (Å²) in [6, 6.07) is 5.91. The summed E-state index contributed by atoms with van der Waals surface area (Å²) >= 11 is 0.